The Hall–Kier alpha value is 0.0649. The minimum absolute atomic E-state index is 0.919. The van der Waals surface area contributed by atoms with E-state index in [4.69, 9.17) is 0 Å². The summed E-state index contributed by atoms with van der Waals surface area (Å²) < 4.78 is 0. The van der Waals surface area contributed by atoms with E-state index in [0.29, 0.717) is 0 Å². The van der Waals surface area contributed by atoms with Gasteiger partial charge in [0.2, 0.25) is 0 Å². The highest BCUT2D eigenvalue weighted by Crippen LogP contribution is 2.56. The summed E-state index contributed by atoms with van der Waals surface area (Å²) >= 11 is 0. The van der Waals surface area contributed by atoms with Crippen LogP contribution in [-0.2, 0) is 0 Å². The molecule has 1 aliphatic heterocycles. The van der Waals surface area contributed by atoms with Gasteiger partial charge in [-0.1, -0.05) is 52.7 Å². The lowest BCUT2D eigenvalue weighted by atomic mass is 9.77. The standard InChI is InChI=1S/C15H29B/c1-6-9(2)11(4)14-8-13(7-10(14)3)15-12(5)16-15/h9-16H,6-8H2,1-5H3. The summed E-state index contributed by atoms with van der Waals surface area (Å²) in [6, 6.07) is 0. The lowest BCUT2D eigenvalue weighted by molar-refractivity contribution is 0.215. The molecule has 0 aromatic carbocycles. The van der Waals surface area contributed by atoms with Gasteiger partial charge in [0.1, 0.15) is 7.28 Å². The zero-order valence-corrected chi connectivity index (χ0v) is 11.9. The Morgan fingerprint density at radius 3 is 2.31 bits per heavy atom. The van der Waals surface area contributed by atoms with Crippen molar-refractivity contribution in [2.24, 2.45) is 29.6 Å². The summed E-state index contributed by atoms with van der Waals surface area (Å²) in [6.07, 6.45) is 4.43. The molecule has 0 bridgehead atoms. The molecular formula is C15H29B. The topological polar surface area (TPSA) is 0 Å². The van der Waals surface area contributed by atoms with Crippen LogP contribution in [0.15, 0.2) is 0 Å². The van der Waals surface area contributed by atoms with Crippen molar-refractivity contribution < 1.29 is 0 Å². The predicted molar refractivity (Wildman–Crippen MR) is 74.3 cm³/mol. The van der Waals surface area contributed by atoms with E-state index in [1.165, 1.54) is 20.1 Å². The van der Waals surface area contributed by atoms with Gasteiger partial charge in [0.15, 0.2) is 0 Å². The highest BCUT2D eigenvalue weighted by molar-refractivity contribution is 6.53. The molecule has 0 aromatic heterocycles. The first-order valence-corrected chi connectivity index (χ1v) is 7.54. The molecule has 0 nitrogen and oxygen atoms in total. The summed E-state index contributed by atoms with van der Waals surface area (Å²) in [7, 11) is 1.53. The molecule has 0 spiro atoms. The van der Waals surface area contributed by atoms with Crippen LogP contribution in [0.4, 0.5) is 0 Å². The molecular weight excluding hydrogens is 191 g/mol. The summed E-state index contributed by atoms with van der Waals surface area (Å²) in [6.45, 7) is 12.3. The lowest BCUT2D eigenvalue weighted by Crippen LogP contribution is -2.20. The van der Waals surface area contributed by atoms with E-state index in [2.05, 4.69) is 34.6 Å². The third-order valence-corrected chi connectivity index (χ3v) is 5.97. The molecule has 1 heteroatoms. The lowest BCUT2D eigenvalue weighted by Gasteiger charge is -2.28. The van der Waals surface area contributed by atoms with Crippen LogP contribution in [-0.4, -0.2) is 7.28 Å². The number of hydrogen-bond acceptors (Lipinski definition) is 0. The van der Waals surface area contributed by atoms with E-state index >= 15 is 0 Å². The SMILES string of the molecule is CCC(C)C(C)C1CC(C2BC2C)CC1C. The summed E-state index contributed by atoms with van der Waals surface area (Å²) in [5.41, 5.74) is 0. The van der Waals surface area contributed by atoms with E-state index in [-0.39, 0.29) is 0 Å². The maximum atomic E-state index is 2.51. The predicted octanol–water partition coefficient (Wildman–Crippen LogP) is 4.38. The van der Waals surface area contributed by atoms with Crippen molar-refractivity contribution in [1.29, 1.82) is 0 Å². The average Bonchev–Trinajstić information content (AvgIpc) is 2.86. The molecule has 1 saturated heterocycles. The van der Waals surface area contributed by atoms with E-state index in [1.807, 2.05) is 0 Å². The van der Waals surface area contributed by atoms with E-state index in [9.17, 15) is 0 Å². The van der Waals surface area contributed by atoms with Crippen molar-refractivity contribution in [2.75, 3.05) is 0 Å². The van der Waals surface area contributed by atoms with Gasteiger partial charge in [-0.3, -0.25) is 0 Å². The number of hydrogen-bond donors (Lipinski definition) is 0. The Balaban J connectivity index is 1.91. The number of rotatable bonds is 4. The van der Waals surface area contributed by atoms with Crippen LogP contribution in [0.25, 0.3) is 0 Å². The zero-order valence-electron chi connectivity index (χ0n) is 11.9. The quantitative estimate of drug-likeness (QED) is 0.617. The van der Waals surface area contributed by atoms with E-state index in [0.717, 1.165) is 41.2 Å². The Morgan fingerprint density at radius 2 is 1.81 bits per heavy atom. The molecule has 1 aliphatic carbocycles. The monoisotopic (exact) mass is 220 g/mol. The van der Waals surface area contributed by atoms with E-state index in [1.54, 1.807) is 6.42 Å². The smallest absolute Gasteiger partial charge is 0.0718 e. The summed E-state index contributed by atoms with van der Waals surface area (Å²) in [4.78, 5) is 0. The Morgan fingerprint density at radius 1 is 1.19 bits per heavy atom. The van der Waals surface area contributed by atoms with Crippen molar-refractivity contribution in [3.63, 3.8) is 0 Å². The van der Waals surface area contributed by atoms with Crippen LogP contribution in [0.2, 0.25) is 11.6 Å². The highest BCUT2D eigenvalue weighted by atomic mass is 14.4. The normalized spacial score (nSPS) is 46.2. The Bertz CT molecular complexity index is 238. The van der Waals surface area contributed by atoms with Crippen LogP contribution >= 0.6 is 0 Å². The minimum atomic E-state index is 0.919. The first-order chi connectivity index (χ1) is 7.54. The fourth-order valence-electron chi connectivity index (χ4n) is 4.21. The minimum Gasteiger partial charge on any atom is -0.0718 e. The van der Waals surface area contributed by atoms with Crippen molar-refractivity contribution in [1.82, 2.24) is 0 Å². The van der Waals surface area contributed by atoms with Gasteiger partial charge in [-0.05, 0) is 42.4 Å². The molecule has 1 saturated carbocycles. The van der Waals surface area contributed by atoms with Crippen LogP contribution in [0.1, 0.15) is 53.9 Å². The van der Waals surface area contributed by atoms with Gasteiger partial charge in [0, 0.05) is 0 Å². The molecule has 1 heterocycles. The summed E-state index contributed by atoms with van der Waals surface area (Å²) in [5, 5.41) is 0. The van der Waals surface area contributed by atoms with Crippen molar-refractivity contribution in [3.8, 4) is 0 Å². The van der Waals surface area contributed by atoms with Crippen molar-refractivity contribution >= 4 is 7.28 Å². The van der Waals surface area contributed by atoms with Gasteiger partial charge in [-0.2, -0.15) is 0 Å². The highest BCUT2D eigenvalue weighted by Gasteiger charge is 2.46. The van der Waals surface area contributed by atoms with Crippen LogP contribution in [0, 0.1) is 29.6 Å². The van der Waals surface area contributed by atoms with Gasteiger partial charge < -0.3 is 0 Å². The molecule has 2 fully saturated rings. The van der Waals surface area contributed by atoms with Crippen LogP contribution in [0.3, 0.4) is 0 Å². The summed E-state index contributed by atoms with van der Waals surface area (Å²) in [5.74, 6) is 7.12. The molecule has 92 valence electrons. The molecule has 7 unspecified atom stereocenters. The first kappa shape index (κ1) is 12.5. The van der Waals surface area contributed by atoms with Crippen LogP contribution in [0.5, 0.6) is 0 Å². The molecule has 0 aromatic rings. The largest absolute Gasteiger partial charge is 0.126 e. The maximum Gasteiger partial charge on any atom is 0.126 e. The molecule has 7 atom stereocenters. The second-order valence-electron chi connectivity index (χ2n) is 6.99. The second-order valence-corrected chi connectivity index (χ2v) is 6.99. The zero-order chi connectivity index (χ0) is 11.9. The third kappa shape index (κ3) is 2.34. The maximum absolute atomic E-state index is 2.51. The van der Waals surface area contributed by atoms with Crippen molar-refractivity contribution in [2.45, 2.75) is 65.5 Å². The molecule has 0 radical (unpaired) electrons. The van der Waals surface area contributed by atoms with Crippen molar-refractivity contribution in [3.05, 3.63) is 0 Å². The molecule has 2 aliphatic rings. The average molecular weight is 220 g/mol. The van der Waals surface area contributed by atoms with Gasteiger partial charge in [-0.25, -0.2) is 0 Å². The molecule has 16 heavy (non-hydrogen) atoms. The molecule has 0 N–H and O–H groups in total. The second kappa shape index (κ2) is 4.74. The van der Waals surface area contributed by atoms with E-state index < -0.39 is 0 Å². The Kier molecular flexibility index (Phi) is 3.71. The first-order valence-electron chi connectivity index (χ1n) is 7.54. The van der Waals surface area contributed by atoms with Gasteiger partial charge in [-0.15, -0.1) is 0 Å². The fourth-order valence-corrected chi connectivity index (χ4v) is 4.21. The van der Waals surface area contributed by atoms with Crippen LogP contribution < -0.4 is 0 Å². The van der Waals surface area contributed by atoms with Gasteiger partial charge in [0.05, 0.1) is 0 Å². The molecule has 0 amide bonds. The third-order valence-electron chi connectivity index (χ3n) is 5.97. The fraction of sp³-hybridized carbons (Fsp3) is 1.00. The molecule has 2 rings (SSSR count). The van der Waals surface area contributed by atoms with Gasteiger partial charge >= 0.3 is 0 Å². The van der Waals surface area contributed by atoms with Gasteiger partial charge in [0.25, 0.3) is 0 Å². The Labute approximate surface area is 103 Å².